The molecule has 0 atom stereocenters. The van der Waals surface area contributed by atoms with Crippen molar-refractivity contribution in [1.29, 1.82) is 0 Å². The van der Waals surface area contributed by atoms with Gasteiger partial charge in [-0.05, 0) is 18.6 Å². The molecule has 132 valence electrons. The zero-order valence-corrected chi connectivity index (χ0v) is 15.1. The van der Waals surface area contributed by atoms with Crippen LogP contribution < -0.4 is 4.74 Å². The Morgan fingerprint density at radius 1 is 1.27 bits per heavy atom. The molecule has 7 nitrogen and oxygen atoms in total. The van der Waals surface area contributed by atoms with Crippen LogP contribution in [0.2, 0.25) is 0 Å². The van der Waals surface area contributed by atoms with Crippen LogP contribution in [-0.2, 0) is 4.84 Å². The third-order valence-corrected chi connectivity index (χ3v) is 4.80. The van der Waals surface area contributed by atoms with E-state index < -0.39 is 0 Å². The lowest BCUT2D eigenvalue weighted by molar-refractivity contribution is 0.143. The van der Waals surface area contributed by atoms with Gasteiger partial charge in [0.1, 0.15) is 23.0 Å². The minimum absolute atomic E-state index is 0.496. The number of aromatic nitrogens is 4. The number of ether oxygens (including phenoxy) is 1. The molecule has 0 aromatic carbocycles. The van der Waals surface area contributed by atoms with E-state index in [9.17, 15) is 0 Å². The van der Waals surface area contributed by atoms with Crippen LogP contribution in [0, 0.1) is 0 Å². The summed E-state index contributed by atoms with van der Waals surface area (Å²) >= 11 is 1.55. The summed E-state index contributed by atoms with van der Waals surface area (Å²) in [6.45, 7) is 3.15. The molecule has 3 aromatic heterocycles. The van der Waals surface area contributed by atoms with Crippen molar-refractivity contribution in [3.8, 4) is 27.0 Å². The van der Waals surface area contributed by atoms with Gasteiger partial charge in [-0.1, -0.05) is 12.1 Å². The molecule has 4 rings (SSSR count). The number of thiazole rings is 1. The van der Waals surface area contributed by atoms with Gasteiger partial charge in [0.15, 0.2) is 5.69 Å². The van der Waals surface area contributed by atoms with Crippen LogP contribution in [0.3, 0.4) is 0 Å². The average Bonchev–Trinajstić information content (AvgIpc) is 3.19. The van der Waals surface area contributed by atoms with Gasteiger partial charge >= 0.3 is 0 Å². The zero-order valence-electron chi connectivity index (χ0n) is 14.3. The van der Waals surface area contributed by atoms with Gasteiger partial charge in [-0.3, -0.25) is 4.98 Å². The molecule has 1 aliphatic heterocycles. The maximum atomic E-state index is 5.59. The first kappa shape index (κ1) is 16.6. The summed E-state index contributed by atoms with van der Waals surface area (Å²) in [7, 11) is 0. The van der Waals surface area contributed by atoms with Crippen molar-refractivity contribution in [3.63, 3.8) is 0 Å². The fraction of sp³-hybridized carbons (Fsp3) is 0.278. The van der Waals surface area contributed by atoms with E-state index >= 15 is 0 Å². The lowest BCUT2D eigenvalue weighted by Gasteiger charge is -2.17. The van der Waals surface area contributed by atoms with E-state index in [1.165, 1.54) is 0 Å². The van der Waals surface area contributed by atoms with E-state index in [-0.39, 0.29) is 0 Å². The van der Waals surface area contributed by atoms with Crippen LogP contribution in [0.15, 0.2) is 42.1 Å². The van der Waals surface area contributed by atoms with Gasteiger partial charge in [-0.15, -0.1) is 11.3 Å². The minimum atomic E-state index is 0.496. The van der Waals surface area contributed by atoms with Crippen LogP contribution in [0.5, 0.6) is 5.88 Å². The van der Waals surface area contributed by atoms with Gasteiger partial charge < -0.3 is 9.57 Å². The van der Waals surface area contributed by atoms with E-state index in [1.807, 2.05) is 19.1 Å². The molecule has 0 saturated heterocycles. The number of oxime groups is 1. The third-order valence-electron chi connectivity index (χ3n) is 3.73. The topological polar surface area (TPSA) is 82.4 Å². The average molecular weight is 367 g/mol. The van der Waals surface area contributed by atoms with Crippen molar-refractivity contribution >= 4 is 17.0 Å². The molecule has 0 aliphatic carbocycles. The summed E-state index contributed by atoms with van der Waals surface area (Å²) in [4.78, 5) is 24.0. The predicted molar refractivity (Wildman–Crippen MR) is 99.3 cm³/mol. The molecule has 0 spiro atoms. The summed E-state index contributed by atoms with van der Waals surface area (Å²) in [6.07, 6.45) is 8.61. The maximum absolute atomic E-state index is 5.59. The van der Waals surface area contributed by atoms with Gasteiger partial charge in [0.05, 0.1) is 17.7 Å². The molecule has 0 saturated carbocycles. The van der Waals surface area contributed by atoms with Gasteiger partial charge in [0.25, 0.3) is 0 Å². The van der Waals surface area contributed by atoms with Crippen molar-refractivity contribution in [2.45, 2.75) is 19.8 Å². The Morgan fingerprint density at radius 3 is 3.08 bits per heavy atom. The number of hydrogen-bond acceptors (Lipinski definition) is 8. The molecule has 0 fully saturated rings. The maximum Gasteiger partial charge on any atom is 0.242 e. The van der Waals surface area contributed by atoms with Gasteiger partial charge in [0.2, 0.25) is 5.88 Å². The molecule has 0 N–H and O–H groups in total. The first-order valence-corrected chi connectivity index (χ1v) is 9.22. The molecule has 4 heterocycles. The zero-order chi connectivity index (χ0) is 17.8. The summed E-state index contributed by atoms with van der Waals surface area (Å²) < 4.78 is 5.59. The van der Waals surface area contributed by atoms with Crippen LogP contribution >= 0.6 is 11.3 Å². The lowest BCUT2D eigenvalue weighted by atomic mass is 10.1. The molecule has 0 amide bonds. The number of rotatable bonds is 5. The van der Waals surface area contributed by atoms with E-state index in [2.05, 4.69) is 20.1 Å². The molecule has 0 bridgehead atoms. The fourth-order valence-electron chi connectivity index (χ4n) is 2.47. The fourth-order valence-corrected chi connectivity index (χ4v) is 3.33. The molecule has 3 aromatic rings. The molecular weight excluding hydrogens is 350 g/mol. The molecule has 26 heavy (non-hydrogen) atoms. The quantitative estimate of drug-likeness (QED) is 0.506. The van der Waals surface area contributed by atoms with Gasteiger partial charge in [-0.2, -0.15) is 0 Å². The normalized spacial score (nSPS) is 14.7. The van der Waals surface area contributed by atoms with E-state index in [1.54, 1.807) is 36.1 Å². The molecule has 1 aliphatic rings. The van der Waals surface area contributed by atoms with Gasteiger partial charge in [0, 0.05) is 30.6 Å². The highest BCUT2D eigenvalue weighted by Crippen LogP contribution is 2.32. The summed E-state index contributed by atoms with van der Waals surface area (Å²) in [5.74, 6) is 0.496. The van der Waals surface area contributed by atoms with Crippen molar-refractivity contribution in [1.82, 2.24) is 19.9 Å². The number of nitrogens with zero attached hydrogens (tertiary/aromatic N) is 5. The number of hydrogen-bond donors (Lipinski definition) is 0. The highest BCUT2D eigenvalue weighted by molar-refractivity contribution is 7.18. The highest BCUT2D eigenvalue weighted by atomic mass is 32.1. The largest absolute Gasteiger partial charge is 0.476 e. The highest BCUT2D eigenvalue weighted by Gasteiger charge is 2.22. The first-order valence-electron chi connectivity index (χ1n) is 8.41. The Hall–Kier alpha value is -2.87. The Balaban J connectivity index is 1.66. The van der Waals surface area contributed by atoms with Gasteiger partial charge in [-0.25, -0.2) is 15.0 Å². The summed E-state index contributed by atoms with van der Waals surface area (Å²) in [5.41, 5.74) is 3.13. The lowest BCUT2D eigenvalue weighted by Crippen LogP contribution is -2.19. The predicted octanol–water partition coefficient (Wildman–Crippen LogP) is 3.58. The van der Waals surface area contributed by atoms with E-state index in [0.29, 0.717) is 31.2 Å². The summed E-state index contributed by atoms with van der Waals surface area (Å²) in [5, 5.41) is 5.11. The van der Waals surface area contributed by atoms with Crippen LogP contribution in [0.25, 0.3) is 21.1 Å². The Labute approximate surface area is 154 Å². The van der Waals surface area contributed by atoms with Crippen LogP contribution in [0.4, 0.5) is 0 Å². The van der Waals surface area contributed by atoms with E-state index in [0.717, 1.165) is 33.3 Å². The SMILES string of the molecule is CCCON=C1CCOc2ncc(-c3cnc(-c4cccnc4)s3)nc21. The Kier molecular flexibility index (Phi) is 4.83. The second-order valence-electron chi connectivity index (χ2n) is 5.65. The molecule has 8 heteroatoms. The number of fused-ring (bicyclic) bond motifs is 1. The minimum Gasteiger partial charge on any atom is -0.476 e. The third kappa shape index (κ3) is 3.41. The van der Waals surface area contributed by atoms with Crippen LogP contribution in [0.1, 0.15) is 25.5 Å². The van der Waals surface area contributed by atoms with Crippen molar-refractivity contribution < 1.29 is 9.57 Å². The Bertz CT molecular complexity index is 926. The van der Waals surface area contributed by atoms with Crippen molar-refractivity contribution in [2.24, 2.45) is 5.16 Å². The second kappa shape index (κ2) is 7.57. The molecule has 0 unspecified atom stereocenters. The number of pyridine rings is 1. The summed E-state index contributed by atoms with van der Waals surface area (Å²) in [6, 6.07) is 3.88. The molecule has 0 radical (unpaired) electrons. The monoisotopic (exact) mass is 367 g/mol. The van der Waals surface area contributed by atoms with Crippen molar-refractivity contribution in [3.05, 3.63) is 42.6 Å². The smallest absolute Gasteiger partial charge is 0.242 e. The standard InChI is InChI=1S/C18H17N5O2S/c1-2-7-25-23-13-5-8-24-17-16(13)22-14(10-20-17)15-11-21-18(26-15)12-4-3-6-19-9-12/h3-4,6,9-11H,2,5,7-8H2,1H3. The second-order valence-corrected chi connectivity index (χ2v) is 6.68. The first-order chi connectivity index (χ1) is 12.8. The van der Waals surface area contributed by atoms with Crippen molar-refractivity contribution in [2.75, 3.05) is 13.2 Å². The molecular formula is C18H17N5O2S. The van der Waals surface area contributed by atoms with Crippen LogP contribution in [-0.4, -0.2) is 38.9 Å². The van der Waals surface area contributed by atoms with E-state index in [4.69, 9.17) is 14.6 Å². The Morgan fingerprint density at radius 2 is 2.23 bits per heavy atom.